The van der Waals surface area contributed by atoms with E-state index in [1.807, 2.05) is 31.2 Å². The van der Waals surface area contributed by atoms with Gasteiger partial charge >= 0.3 is 6.03 Å². The van der Waals surface area contributed by atoms with Crippen molar-refractivity contribution in [3.05, 3.63) is 58.6 Å². The summed E-state index contributed by atoms with van der Waals surface area (Å²) in [5, 5.41) is 5.65. The van der Waals surface area contributed by atoms with Gasteiger partial charge < -0.3 is 15.4 Å². The SMILES string of the molecule is Cc1ccc(CCNC(=O)Nc2cc(S(=O)(=O)N3CCOCC3)ccc2Cl)cc1. The third-order valence-corrected chi connectivity index (χ3v) is 6.84. The first kappa shape index (κ1) is 21.6. The van der Waals surface area contributed by atoms with Crippen molar-refractivity contribution in [2.75, 3.05) is 38.2 Å². The van der Waals surface area contributed by atoms with E-state index in [1.54, 1.807) is 0 Å². The van der Waals surface area contributed by atoms with Crippen LogP contribution in [0.4, 0.5) is 10.5 Å². The topological polar surface area (TPSA) is 87.7 Å². The standard InChI is InChI=1S/C20H24ClN3O4S/c1-15-2-4-16(5-3-15)8-9-22-20(25)23-19-14-17(6-7-18(19)21)29(26,27)24-10-12-28-13-11-24/h2-7,14H,8-13H2,1H3,(H2,22,23,25). The average Bonchev–Trinajstić information content (AvgIpc) is 2.71. The van der Waals surface area contributed by atoms with Crippen LogP contribution in [-0.4, -0.2) is 51.6 Å². The zero-order valence-corrected chi connectivity index (χ0v) is 17.7. The molecule has 2 amide bonds. The van der Waals surface area contributed by atoms with Gasteiger partial charge in [0, 0.05) is 19.6 Å². The third kappa shape index (κ3) is 5.70. The van der Waals surface area contributed by atoms with Crippen LogP contribution in [0.15, 0.2) is 47.4 Å². The predicted molar refractivity (Wildman–Crippen MR) is 113 cm³/mol. The summed E-state index contributed by atoms with van der Waals surface area (Å²) in [6.45, 7) is 3.79. The number of ether oxygens (including phenoxy) is 1. The molecule has 1 heterocycles. The maximum atomic E-state index is 12.8. The minimum Gasteiger partial charge on any atom is -0.379 e. The first-order chi connectivity index (χ1) is 13.9. The Balaban J connectivity index is 1.61. The first-order valence-corrected chi connectivity index (χ1v) is 11.2. The number of carbonyl (C=O) groups excluding carboxylic acids is 1. The summed E-state index contributed by atoms with van der Waals surface area (Å²) >= 11 is 6.15. The molecule has 1 fully saturated rings. The van der Waals surface area contributed by atoms with Gasteiger partial charge in [-0.15, -0.1) is 0 Å². The van der Waals surface area contributed by atoms with Crippen LogP contribution in [0.3, 0.4) is 0 Å². The molecule has 2 aromatic carbocycles. The molecule has 0 saturated carbocycles. The lowest BCUT2D eigenvalue weighted by Gasteiger charge is -2.26. The van der Waals surface area contributed by atoms with E-state index >= 15 is 0 Å². The molecular weight excluding hydrogens is 414 g/mol. The minimum absolute atomic E-state index is 0.0822. The second-order valence-electron chi connectivity index (χ2n) is 6.77. The minimum atomic E-state index is -3.67. The number of urea groups is 1. The number of anilines is 1. The van der Waals surface area contributed by atoms with E-state index in [0.717, 1.165) is 5.56 Å². The van der Waals surface area contributed by atoms with E-state index in [4.69, 9.17) is 16.3 Å². The van der Waals surface area contributed by atoms with Crippen LogP contribution in [0.25, 0.3) is 0 Å². The number of sulfonamides is 1. The van der Waals surface area contributed by atoms with Crippen LogP contribution >= 0.6 is 11.6 Å². The molecule has 7 nitrogen and oxygen atoms in total. The van der Waals surface area contributed by atoms with Crippen LogP contribution < -0.4 is 10.6 Å². The molecule has 0 spiro atoms. The fourth-order valence-corrected chi connectivity index (χ4v) is 4.54. The second kappa shape index (κ2) is 9.58. The molecular formula is C20H24ClN3O4S. The summed E-state index contributed by atoms with van der Waals surface area (Å²) < 4.78 is 32.2. The Labute approximate surface area is 176 Å². The zero-order chi connectivity index (χ0) is 20.9. The molecule has 1 saturated heterocycles. The van der Waals surface area contributed by atoms with E-state index < -0.39 is 16.1 Å². The largest absolute Gasteiger partial charge is 0.379 e. The number of amides is 2. The molecule has 0 bridgehead atoms. The van der Waals surface area contributed by atoms with Gasteiger partial charge in [-0.1, -0.05) is 41.4 Å². The Kier molecular flexibility index (Phi) is 7.13. The number of nitrogens with zero attached hydrogens (tertiary/aromatic N) is 1. The molecule has 1 aliphatic rings. The monoisotopic (exact) mass is 437 g/mol. The fourth-order valence-electron chi connectivity index (χ4n) is 2.94. The van der Waals surface area contributed by atoms with Gasteiger partial charge in [0.25, 0.3) is 0 Å². The van der Waals surface area contributed by atoms with Gasteiger partial charge in [-0.25, -0.2) is 13.2 Å². The van der Waals surface area contributed by atoms with Crippen molar-refractivity contribution in [2.45, 2.75) is 18.2 Å². The summed E-state index contributed by atoms with van der Waals surface area (Å²) in [6.07, 6.45) is 0.687. The maximum absolute atomic E-state index is 12.8. The lowest BCUT2D eigenvalue weighted by Crippen LogP contribution is -2.40. The van der Waals surface area contributed by atoms with Crippen LogP contribution in [-0.2, 0) is 21.2 Å². The van der Waals surface area contributed by atoms with Gasteiger partial charge in [0.15, 0.2) is 0 Å². The number of aryl methyl sites for hydroxylation is 1. The van der Waals surface area contributed by atoms with Gasteiger partial charge in [-0.3, -0.25) is 0 Å². The van der Waals surface area contributed by atoms with Gasteiger partial charge in [-0.2, -0.15) is 4.31 Å². The molecule has 1 aliphatic heterocycles. The van der Waals surface area contributed by atoms with E-state index in [1.165, 1.54) is 28.1 Å². The van der Waals surface area contributed by atoms with Crippen LogP contribution in [0.2, 0.25) is 5.02 Å². The Bertz CT molecular complexity index is 958. The van der Waals surface area contributed by atoms with Crippen LogP contribution in [0.5, 0.6) is 0 Å². The Morgan fingerprint density at radius 2 is 1.83 bits per heavy atom. The van der Waals surface area contributed by atoms with Crippen molar-refractivity contribution in [3.8, 4) is 0 Å². The maximum Gasteiger partial charge on any atom is 0.319 e. The summed E-state index contributed by atoms with van der Waals surface area (Å²) in [7, 11) is -3.67. The lowest BCUT2D eigenvalue weighted by molar-refractivity contribution is 0.0730. The van der Waals surface area contributed by atoms with Gasteiger partial charge in [0.1, 0.15) is 0 Å². The smallest absolute Gasteiger partial charge is 0.319 e. The van der Waals surface area contributed by atoms with Crippen molar-refractivity contribution in [2.24, 2.45) is 0 Å². The Morgan fingerprint density at radius 1 is 1.14 bits per heavy atom. The number of hydrogen-bond donors (Lipinski definition) is 2. The van der Waals surface area contributed by atoms with Crippen molar-refractivity contribution in [3.63, 3.8) is 0 Å². The van der Waals surface area contributed by atoms with Gasteiger partial charge in [-0.05, 0) is 37.1 Å². The molecule has 0 radical (unpaired) electrons. The van der Waals surface area contributed by atoms with Gasteiger partial charge in [0.2, 0.25) is 10.0 Å². The summed E-state index contributed by atoms with van der Waals surface area (Å²) in [5.41, 5.74) is 2.54. The quantitative estimate of drug-likeness (QED) is 0.727. The average molecular weight is 438 g/mol. The molecule has 29 heavy (non-hydrogen) atoms. The highest BCUT2D eigenvalue weighted by molar-refractivity contribution is 7.89. The van der Waals surface area contributed by atoms with Crippen molar-refractivity contribution in [1.29, 1.82) is 0 Å². The number of rotatable bonds is 6. The highest BCUT2D eigenvalue weighted by Crippen LogP contribution is 2.27. The third-order valence-electron chi connectivity index (χ3n) is 4.61. The molecule has 156 valence electrons. The number of hydrogen-bond acceptors (Lipinski definition) is 4. The molecule has 0 aromatic heterocycles. The van der Waals surface area contributed by atoms with Gasteiger partial charge in [0.05, 0.1) is 28.8 Å². The molecule has 0 atom stereocenters. The predicted octanol–water partition coefficient (Wildman–Crippen LogP) is 3.03. The summed E-state index contributed by atoms with van der Waals surface area (Å²) in [6, 6.07) is 11.9. The van der Waals surface area contributed by atoms with E-state index in [0.29, 0.717) is 39.3 Å². The first-order valence-electron chi connectivity index (χ1n) is 9.34. The molecule has 9 heteroatoms. The molecule has 0 aliphatic carbocycles. The van der Waals surface area contributed by atoms with Crippen molar-refractivity contribution >= 4 is 33.3 Å². The molecule has 2 N–H and O–H groups in total. The Hall–Kier alpha value is -2.13. The molecule has 2 aromatic rings. The van der Waals surface area contributed by atoms with Crippen molar-refractivity contribution in [1.82, 2.24) is 9.62 Å². The number of benzene rings is 2. The molecule has 0 unspecified atom stereocenters. The summed E-state index contributed by atoms with van der Waals surface area (Å²) in [4.78, 5) is 12.3. The number of halogens is 1. The Morgan fingerprint density at radius 3 is 2.52 bits per heavy atom. The normalized spacial score (nSPS) is 15.1. The lowest BCUT2D eigenvalue weighted by atomic mass is 10.1. The fraction of sp³-hybridized carbons (Fsp3) is 0.350. The van der Waals surface area contributed by atoms with Crippen LogP contribution in [0.1, 0.15) is 11.1 Å². The molecule has 3 rings (SSSR count). The highest BCUT2D eigenvalue weighted by Gasteiger charge is 2.27. The highest BCUT2D eigenvalue weighted by atomic mass is 35.5. The van der Waals surface area contributed by atoms with Crippen LogP contribution in [0, 0.1) is 6.92 Å². The number of nitrogens with one attached hydrogen (secondary N) is 2. The number of morpholine rings is 1. The number of carbonyl (C=O) groups is 1. The van der Waals surface area contributed by atoms with Crippen molar-refractivity contribution < 1.29 is 17.9 Å². The van der Waals surface area contributed by atoms with E-state index in [-0.39, 0.29) is 15.6 Å². The second-order valence-corrected chi connectivity index (χ2v) is 9.12. The summed E-state index contributed by atoms with van der Waals surface area (Å²) in [5.74, 6) is 0. The van der Waals surface area contributed by atoms with E-state index in [2.05, 4.69) is 10.6 Å². The zero-order valence-electron chi connectivity index (χ0n) is 16.2. The van der Waals surface area contributed by atoms with E-state index in [9.17, 15) is 13.2 Å².